The van der Waals surface area contributed by atoms with Crippen LogP contribution in [0.25, 0.3) is 0 Å². The third-order valence-corrected chi connectivity index (χ3v) is 8.55. The van der Waals surface area contributed by atoms with Gasteiger partial charge in [0.2, 0.25) is 15.9 Å². The molecule has 4 rings (SSSR count). The van der Waals surface area contributed by atoms with Gasteiger partial charge in [0.15, 0.2) is 5.16 Å². The summed E-state index contributed by atoms with van der Waals surface area (Å²) in [5.74, 6) is 0.589. The molecular formula is C23H27N5O3S2. The average Bonchev–Trinajstić information content (AvgIpc) is 3.47. The zero-order valence-electron chi connectivity index (χ0n) is 18.6. The molecule has 1 saturated heterocycles. The molecule has 1 aromatic heterocycles. The highest BCUT2D eigenvalue weighted by Crippen LogP contribution is 2.25. The van der Waals surface area contributed by atoms with Gasteiger partial charge in [-0.2, -0.15) is 4.31 Å². The molecule has 33 heavy (non-hydrogen) atoms. The van der Waals surface area contributed by atoms with Gasteiger partial charge in [-0.05, 0) is 56.5 Å². The molecule has 2 heterocycles. The lowest BCUT2D eigenvalue weighted by Gasteiger charge is -2.16. The minimum absolute atomic E-state index is 0.193. The Kier molecular flexibility index (Phi) is 7.16. The third-order valence-electron chi connectivity index (χ3n) is 5.56. The number of carbonyl (C=O) groups is 1. The third kappa shape index (κ3) is 5.45. The maximum absolute atomic E-state index is 12.8. The Balaban J connectivity index is 1.39. The number of nitrogens with one attached hydrogen (secondary N) is 1. The van der Waals surface area contributed by atoms with E-state index in [0.717, 1.165) is 24.2 Å². The van der Waals surface area contributed by atoms with E-state index in [-0.39, 0.29) is 10.8 Å². The van der Waals surface area contributed by atoms with Crippen LogP contribution in [-0.2, 0) is 21.4 Å². The number of amides is 1. The lowest BCUT2D eigenvalue weighted by atomic mass is 10.2. The fourth-order valence-corrected chi connectivity index (χ4v) is 6.05. The molecule has 174 valence electrons. The van der Waals surface area contributed by atoms with Crippen molar-refractivity contribution in [3.05, 3.63) is 66.0 Å². The fourth-order valence-electron chi connectivity index (χ4n) is 3.64. The summed E-state index contributed by atoms with van der Waals surface area (Å²) < 4.78 is 28.8. The predicted octanol–water partition coefficient (Wildman–Crippen LogP) is 3.54. The van der Waals surface area contributed by atoms with E-state index in [0.29, 0.717) is 30.5 Å². The van der Waals surface area contributed by atoms with E-state index in [1.807, 2.05) is 48.7 Å². The van der Waals surface area contributed by atoms with Crippen LogP contribution in [0.5, 0.6) is 0 Å². The number of aryl methyl sites for hydroxylation is 1. The summed E-state index contributed by atoms with van der Waals surface area (Å²) in [5.41, 5.74) is 1.68. The SMILES string of the molecule is Cc1nnc(S[C@@H](C)C(=O)Nc2ccc(S(=O)(=O)N3CCCC3)cc2)n1Cc1ccccc1. The van der Waals surface area contributed by atoms with Gasteiger partial charge in [-0.25, -0.2) is 8.42 Å². The van der Waals surface area contributed by atoms with Crippen molar-refractivity contribution in [1.29, 1.82) is 0 Å². The quantitative estimate of drug-likeness (QED) is 0.490. The van der Waals surface area contributed by atoms with E-state index in [9.17, 15) is 13.2 Å². The molecule has 1 aliphatic heterocycles. The molecule has 10 heteroatoms. The van der Waals surface area contributed by atoms with Gasteiger partial charge in [-0.1, -0.05) is 42.1 Å². The number of rotatable bonds is 8. The van der Waals surface area contributed by atoms with Crippen molar-refractivity contribution < 1.29 is 13.2 Å². The highest BCUT2D eigenvalue weighted by atomic mass is 32.2. The Hall–Kier alpha value is -2.69. The number of hydrogen-bond donors (Lipinski definition) is 1. The van der Waals surface area contributed by atoms with Crippen molar-refractivity contribution in [3.8, 4) is 0 Å². The molecule has 0 aliphatic carbocycles. The van der Waals surface area contributed by atoms with Crippen molar-refractivity contribution >= 4 is 33.4 Å². The molecule has 8 nitrogen and oxygen atoms in total. The van der Waals surface area contributed by atoms with Crippen LogP contribution >= 0.6 is 11.8 Å². The molecule has 1 N–H and O–H groups in total. The second-order valence-electron chi connectivity index (χ2n) is 7.99. The Morgan fingerprint density at radius 3 is 2.39 bits per heavy atom. The number of benzene rings is 2. The largest absolute Gasteiger partial charge is 0.325 e. The van der Waals surface area contributed by atoms with Crippen LogP contribution in [0.3, 0.4) is 0 Å². The van der Waals surface area contributed by atoms with Gasteiger partial charge in [0.05, 0.1) is 16.7 Å². The van der Waals surface area contributed by atoms with Crippen LogP contribution in [0, 0.1) is 6.92 Å². The molecule has 0 radical (unpaired) electrons. The van der Waals surface area contributed by atoms with Crippen LogP contribution in [0.1, 0.15) is 31.2 Å². The highest BCUT2D eigenvalue weighted by molar-refractivity contribution is 8.00. The second kappa shape index (κ2) is 10.1. The van der Waals surface area contributed by atoms with Gasteiger partial charge in [0, 0.05) is 18.8 Å². The van der Waals surface area contributed by atoms with Gasteiger partial charge < -0.3 is 9.88 Å². The molecular weight excluding hydrogens is 458 g/mol. The standard InChI is InChI=1S/C23H27N5O3S2/c1-17(32-23-26-25-18(2)28(23)16-19-8-4-3-5-9-19)22(29)24-20-10-12-21(13-11-20)33(30,31)27-14-6-7-15-27/h3-5,8-13,17H,6-7,14-16H2,1-2H3,(H,24,29)/t17-/m0/s1. The zero-order chi connectivity index (χ0) is 23.4. The first-order valence-electron chi connectivity index (χ1n) is 10.9. The van der Waals surface area contributed by atoms with Crippen LogP contribution in [0.2, 0.25) is 0 Å². The van der Waals surface area contributed by atoms with E-state index in [1.54, 1.807) is 24.3 Å². The van der Waals surface area contributed by atoms with Crippen molar-refractivity contribution in [2.24, 2.45) is 0 Å². The smallest absolute Gasteiger partial charge is 0.243 e. The van der Waals surface area contributed by atoms with E-state index < -0.39 is 15.3 Å². The van der Waals surface area contributed by atoms with Gasteiger partial charge in [0.25, 0.3) is 0 Å². The van der Waals surface area contributed by atoms with Crippen LogP contribution in [-0.4, -0.2) is 51.7 Å². The normalized spacial score (nSPS) is 15.5. The molecule has 0 unspecified atom stereocenters. The Morgan fingerprint density at radius 2 is 1.73 bits per heavy atom. The van der Waals surface area contributed by atoms with Crippen molar-refractivity contribution in [3.63, 3.8) is 0 Å². The fraction of sp³-hybridized carbons (Fsp3) is 0.348. The van der Waals surface area contributed by atoms with Crippen LogP contribution in [0.4, 0.5) is 5.69 Å². The zero-order valence-corrected chi connectivity index (χ0v) is 20.3. The number of anilines is 1. The summed E-state index contributed by atoms with van der Waals surface area (Å²) in [6, 6.07) is 16.4. The minimum atomic E-state index is -3.47. The summed E-state index contributed by atoms with van der Waals surface area (Å²) in [6.45, 7) is 5.45. The summed E-state index contributed by atoms with van der Waals surface area (Å²) in [6.07, 6.45) is 1.78. The van der Waals surface area contributed by atoms with E-state index in [2.05, 4.69) is 15.5 Å². The van der Waals surface area contributed by atoms with Gasteiger partial charge in [-0.15, -0.1) is 10.2 Å². The number of nitrogens with zero attached hydrogens (tertiary/aromatic N) is 4. The molecule has 0 spiro atoms. The number of carbonyl (C=O) groups excluding carboxylic acids is 1. The van der Waals surface area contributed by atoms with Crippen molar-refractivity contribution in [1.82, 2.24) is 19.1 Å². The Bertz CT molecular complexity index is 1200. The topological polar surface area (TPSA) is 97.2 Å². The molecule has 1 aliphatic rings. The van der Waals surface area contributed by atoms with Gasteiger partial charge in [-0.3, -0.25) is 4.79 Å². The van der Waals surface area contributed by atoms with Crippen LogP contribution in [0.15, 0.2) is 64.6 Å². The lowest BCUT2D eigenvalue weighted by Crippen LogP contribution is -2.27. The lowest BCUT2D eigenvalue weighted by molar-refractivity contribution is -0.115. The molecule has 2 aromatic carbocycles. The second-order valence-corrected chi connectivity index (χ2v) is 11.2. The number of thioether (sulfide) groups is 1. The highest BCUT2D eigenvalue weighted by Gasteiger charge is 2.27. The molecule has 3 aromatic rings. The van der Waals surface area contributed by atoms with E-state index in [4.69, 9.17) is 0 Å². The Labute approximate surface area is 198 Å². The number of aromatic nitrogens is 3. The summed E-state index contributed by atoms with van der Waals surface area (Å²) in [7, 11) is -3.47. The number of sulfonamides is 1. The Morgan fingerprint density at radius 1 is 1.06 bits per heavy atom. The average molecular weight is 486 g/mol. The first kappa shape index (κ1) is 23.5. The number of hydrogen-bond acceptors (Lipinski definition) is 6. The summed E-state index contributed by atoms with van der Waals surface area (Å²) >= 11 is 1.34. The first-order valence-corrected chi connectivity index (χ1v) is 13.2. The van der Waals surface area contributed by atoms with Gasteiger partial charge in [0.1, 0.15) is 5.82 Å². The maximum Gasteiger partial charge on any atom is 0.243 e. The molecule has 0 saturated carbocycles. The van der Waals surface area contributed by atoms with E-state index in [1.165, 1.54) is 16.1 Å². The molecule has 0 bridgehead atoms. The monoisotopic (exact) mass is 485 g/mol. The van der Waals surface area contributed by atoms with Crippen molar-refractivity contribution in [2.45, 2.75) is 48.5 Å². The van der Waals surface area contributed by atoms with Gasteiger partial charge >= 0.3 is 0 Å². The summed E-state index contributed by atoms with van der Waals surface area (Å²) in [5, 5.41) is 11.5. The van der Waals surface area contributed by atoms with Crippen molar-refractivity contribution in [2.75, 3.05) is 18.4 Å². The minimum Gasteiger partial charge on any atom is -0.325 e. The molecule has 1 atom stereocenters. The van der Waals surface area contributed by atoms with E-state index >= 15 is 0 Å². The first-order chi connectivity index (χ1) is 15.8. The predicted molar refractivity (Wildman–Crippen MR) is 129 cm³/mol. The summed E-state index contributed by atoms with van der Waals surface area (Å²) in [4.78, 5) is 13.0. The van der Waals surface area contributed by atoms with Crippen LogP contribution < -0.4 is 5.32 Å². The molecule has 1 fully saturated rings. The maximum atomic E-state index is 12.8. The molecule has 1 amide bonds.